The number of anilines is 3. The fourth-order valence-corrected chi connectivity index (χ4v) is 2.92. The molecule has 30 heavy (non-hydrogen) atoms. The van der Waals surface area contributed by atoms with E-state index in [1.54, 1.807) is 30.3 Å². The van der Waals surface area contributed by atoms with Crippen LogP contribution in [0.15, 0.2) is 78.9 Å². The zero-order chi connectivity index (χ0) is 21.5. The van der Waals surface area contributed by atoms with Gasteiger partial charge in [-0.25, -0.2) is 0 Å². The van der Waals surface area contributed by atoms with Crippen LogP contribution in [0, 0.1) is 0 Å². The maximum Gasteiger partial charge on any atom is 0.257 e. The molecule has 0 atom stereocenters. The lowest BCUT2D eigenvalue weighted by molar-refractivity contribution is -0.117. The minimum Gasteiger partial charge on any atom is -0.368 e. The number of primary amides is 1. The van der Waals surface area contributed by atoms with Gasteiger partial charge in [0.05, 0.1) is 17.8 Å². The second-order valence-corrected chi connectivity index (χ2v) is 6.59. The first-order valence-electron chi connectivity index (χ1n) is 9.31. The highest BCUT2D eigenvalue weighted by atomic mass is 16.2. The van der Waals surface area contributed by atoms with Crippen LogP contribution in [-0.4, -0.2) is 31.3 Å². The van der Waals surface area contributed by atoms with Gasteiger partial charge in [0.15, 0.2) is 0 Å². The van der Waals surface area contributed by atoms with E-state index >= 15 is 0 Å². The highest BCUT2D eigenvalue weighted by Gasteiger charge is 2.15. The summed E-state index contributed by atoms with van der Waals surface area (Å²) in [5.41, 5.74) is 8.17. The van der Waals surface area contributed by atoms with Crippen LogP contribution in [0.4, 0.5) is 17.1 Å². The number of hydrogen-bond acceptors (Lipinski definition) is 4. The minimum absolute atomic E-state index is 0.233. The number of nitrogens with two attached hydrogens (primary N) is 1. The molecule has 3 aromatic rings. The third-order valence-corrected chi connectivity index (χ3v) is 4.48. The van der Waals surface area contributed by atoms with Crippen LogP contribution in [-0.2, 0) is 4.79 Å². The Morgan fingerprint density at radius 2 is 1.47 bits per heavy atom. The van der Waals surface area contributed by atoms with E-state index < -0.39 is 11.8 Å². The number of amides is 3. The first kappa shape index (κ1) is 20.6. The lowest BCUT2D eigenvalue weighted by atomic mass is 10.1. The number of rotatable bonds is 7. The summed E-state index contributed by atoms with van der Waals surface area (Å²) in [7, 11) is 1.90. The Kier molecular flexibility index (Phi) is 6.44. The zero-order valence-corrected chi connectivity index (χ0v) is 16.5. The number of carbonyl (C=O) groups is 3. The fourth-order valence-electron chi connectivity index (χ4n) is 2.92. The van der Waals surface area contributed by atoms with E-state index in [1.807, 2.05) is 60.5 Å². The number of benzene rings is 3. The van der Waals surface area contributed by atoms with Gasteiger partial charge >= 0.3 is 0 Å². The van der Waals surface area contributed by atoms with Gasteiger partial charge in [-0.3, -0.25) is 14.4 Å². The minimum atomic E-state index is -0.619. The monoisotopic (exact) mass is 402 g/mol. The zero-order valence-electron chi connectivity index (χ0n) is 16.5. The summed E-state index contributed by atoms with van der Waals surface area (Å²) in [6, 6.07) is 23.5. The number of carbonyl (C=O) groups excluding carboxylic acids is 3. The molecule has 0 aliphatic heterocycles. The molecular weight excluding hydrogens is 380 g/mol. The van der Waals surface area contributed by atoms with Gasteiger partial charge in [-0.05, 0) is 48.5 Å². The molecular formula is C23H22N4O3. The molecule has 0 heterocycles. The average Bonchev–Trinajstić information content (AvgIpc) is 2.78. The molecule has 0 unspecified atom stereocenters. The van der Waals surface area contributed by atoms with Crippen LogP contribution in [0.1, 0.15) is 20.7 Å². The molecule has 3 amide bonds. The lowest BCUT2D eigenvalue weighted by Gasteiger charge is -2.22. The topological polar surface area (TPSA) is 105 Å². The summed E-state index contributed by atoms with van der Waals surface area (Å²) in [6.45, 7) is -0.233. The second-order valence-electron chi connectivity index (χ2n) is 6.59. The molecule has 0 radical (unpaired) electrons. The molecule has 7 heteroatoms. The van der Waals surface area contributed by atoms with Crippen molar-refractivity contribution in [1.29, 1.82) is 0 Å². The molecule has 0 saturated carbocycles. The Labute approximate surface area is 174 Å². The number of para-hydroxylation sites is 2. The van der Waals surface area contributed by atoms with Crippen molar-refractivity contribution in [3.8, 4) is 0 Å². The first-order valence-corrected chi connectivity index (χ1v) is 9.31. The van der Waals surface area contributed by atoms with Gasteiger partial charge in [0, 0.05) is 24.0 Å². The van der Waals surface area contributed by atoms with E-state index in [4.69, 9.17) is 5.73 Å². The Balaban J connectivity index is 1.74. The largest absolute Gasteiger partial charge is 0.368 e. The Hall–Kier alpha value is -4.13. The van der Waals surface area contributed by atoms with Crippen molar-refractivity contribution >= 4 is 34.8 Å². The quantitative estimate of drug-likeness (QED) is 0.565. The van der Waals surface area contributed by atoms with Gasteiger partial charge in [0.2, 0.25) is 5.91 Å². The van der Waals surface area contributed by atoms with E-state index in [-0.39, 0.29) is 12.5 Å². The molecule has 152 valence electrons. The van der Waals surface area contributed by atoms with E-state index in [1.165, 1.54) is 0 Å². The molecule has 3 aromatic carbocycles. The average molecular weight is 402 g/mol. The predicted octanol–water partition coefficient (Wildman–Crippen LogP) is 2.92. The van der Waals surface area contributed by atoms with Gasteiger partial charge in [-0.1, -0.05) is 30.3 Å². The molecule has 0 bridgehead atoms. The van der Waals surface area contributed by atoms with Crippen LogP contribution >= 0.6 is 0 Å². The smallest absolute Gasteiger partial charge is 0.257 e. The molecule has 0 aliphatic carbocycles. The van der Waals surface area contributed by atoms with E-state index in [9.17, 15) is 14.4 Å². The number of hydrogen-bond donors (Lipinski definition) is 3. The maximum atomic E-state index is 12.9. The molecule has 4 N–H and O–H groups in total. The number of nitrogens with one attached hydrogen (secondary N) is 2. The van der Waals surface area contributed by atoms with Gasteiger partial charge in [-0.2, -0.15) is 0 Å². The van der Waals surface area contributed by atoms with Crippen molar-refractivity contribution in [3.63, 3.8) is 0 Å². The van der Waals surface area contributed by atoms with E-state index in [2.05, 4.69) is 10.6 Å². The summed E-state index contributed by atoms with van der Waals surface area (Å²) < 4.78 is 0. The Morgan fingerprint density at radius 3 is 2.13 bits per heavy atom. The third-order valence-electron chi connectivity index (χ3n) is 4.48. The second kappa shape index (κ2) is 9.38. The highest BCUT2D eigenvalue weighted by molar-refractivity contribution is 6.08. The Morgan fingerprint density at radius 1 is 0.833 bits per heavy atom. The van der Waals surface area contributed by atoms with Crippen molar-refractivity contribution in [2.24, 2.45) is 5.73 Å². The molecule has 0 aliphatic rings. The summed E-state index contributed by atoms with van der Waals surface area (Å²) >= 11 is 0. The molecule has 0 fully saturated rings. The van der Waals surface area contributed by atoms with Crippen molar-refractivity contribution in [2.45, 2.75) is 0 Å². The SMILES string of the molecule is CN(c1ccccc1)c1ccccc1C(=O)Nc1ccc(C(=O)NCC(N)=O)cc1. The normalized spacial score (nSPS) is 10.2. The third kappa shape index (κ3) is 5.02. The van der Waals surface area contributed by atoms with Crippen molar-refractivity contribution in [3.05, 3.63) is 90.0 Å². The number of nitrogens with zero attached hydrogens (tertiary/aromatic N) is 1. The van der Waals surface area contributed by atoms with Crippen molar-refractivity contribution < 1.29 is 14.4 Å². The van der Waals surface area contributed by atoms with Gasteiger partial charge in [0.1, 0.15) is 0 Å². The molecule has 0 spiro atoms. The molecule has 0 aromatic heterocycles. The van der Waals surface area contributed by atoms with Crippen molar-refractivity contribution in [1.82, 2.24) is 5.32 Å². The van der Waals surface area contributed by atoms with Crippen LogP contribution in [0.2, 0.25) is 0 Å². The fraction of sp³-hybridized carbons (Fsp3) is 0.0870. The maximum absolute atomic E-state index is 12.9. The molecule has 3 rings (SSSR count). The van der Waals surface area contributed by atoms with Gasteiger partial charge in [-0.15, -0.1) is 0 Å². The highest BCUT2D eigenvalue weighted by Crippen LogP contribution is 2.27. The Bertz CT molecular complexity index is 1050. The van der Waals surface area contributed by atoms with Gasteiger partial charge in [0.25, 0.3) is 11.8 Å². The summed E-state index contributed by atoms with van der Waals surface area (Å²) in [4.78, 5) is 37.6. The molecule has 0 saturated heterocycles. The standard InChI is InChI=1S/C23H22N4O3/c1-27(18-7-3-2-4-8-18)20-10-6-5-9-19(20)23(30)26-17-13-11-16(12-14-17)22(29)25-15-21(24)28/h2-14H,15H2,1H3,(H2,24,28)(H,25,29)(H,26,30). The summed E-state index contributed by atoms with van der Waals surface area (Å²) in [5.74, 6) is -1.30. The van der Waals surface area contributed by atoms with Crippen LogP contribution in [0.5, 0.6) is 0 Å². The summed E-state index contributed by atoms with van der Waals surface area (Å²) in [6.07, 6.45) is 0. The van der Waals surface area contributed by atoms with E-state index in [0.29, 0.717) is 16.8 Å². The lowest BCUT2D eigenvalue weighted by Crippen LogP contribution is -2.33. The van der Waals surface area contributed by atoms with Gasteiger partial charge < -0.3 is 21.3 Å². The van der Waals surface area contributed by atoms with Crippen LogP contribution < -0.4 is 21.3 Å². The van der Waals surface area contributed by atoms with E-state index in [0.717, 1.165) is 11.4 Å². The first-order chi connectivity index (χ1) is 14.5. The summed E-state index contributed by atoms with van der Waals surface area (Å²) in [5, 5.41) is 5.26. The van der Waals surface area contributed by atoms with Crippen LogP contribution in [0.3, 0.4) is 0 Å². The van der Waals surface area contributed by atoms with Crippen molar-refractivity contribution in [2.75, 3.05) is 23.8 Å². The van der Waals surface area contributed by atoms with Crippen LogP contribution in [0.25, 0.3) is 0 Å². The molecule has 7 nitrogen and oxygen atoms in total. The predicted molar refractivity (Wildman–Crippen MR) is 117 cm³/mol.